The minimum absolute atomic E-state index is 0.0590. The van der Waals surface area contributed by atoms with Crippen molar-refractivity contribution in [3.63, 3.8) is 0 Å². The maximum Gasteiger partial charge on any atom is 0.274 e. The van der Waals surface area contributed by atoms with E-state index >= 15 is 0 Å². The predicted molar refractivity (Wildman–Crippen MR) is 65.8 cm³/mol. The van der Waals surface area contributed by atoms with Crippen LogP contribution in [0.15, 0.2) is 6.07 Å². The van der Waals surface area contributed by atoms with Crippen LogP contribution >= 0.6 is 0 Å². The Morgan fingerprint density at radius 3 is 2.71 bits per heavy atom. The molecule has 0 saturated carbocycles. The zero-order chi connectivity index (χ0) is 12.7. The molecule has 2 N–H and O–H groups in total. The third kappa shape index (κ3) is 4.19. The van der Waals surface area contributed by atoms with Gasteiger partial charge in [0.05, 0.1) is 0 Å². The molecule has 0 aromatic carbocycles. The normalized spacial score (nSPS) is 10.5. The van der Waals surface area contributed by atoms with Gasteiger partial charge in [0.2, 0.25) is 0 Å². The van der Waals surface area contributed by atoms with Crippen LogP contribution in [0.4, 0.5) is 0 Å². The van der Waals surface area contributed by atoms with Crippen LogP contribution in [0.2, 0.25) is 0 Å². The van der Waals surface area contributed by atoms with Gasteiger partial charge in [-0.1, -0.05) is 13.3 Å². The number of carbonyl (C=O) groups is 1. The highest BCUT2D eigenvalue weighted by Crippen LogP contribution is 2.06. The lowest BCUT2D eigenvalue weighted by molar-refractivity contribution is 0.0736. The number of H-pyrrole nitrogens is 1. The maximum atomic E-state index is 12.1. The molecule has 0 saturated heterocycles. The van der Waals surface area contributed by atoms with E-state index in [2.05, 4.69) is 17.1 Å². The van der Waals surface area contributed by atoms with E-state index in [-0.39, 0.29) is 12.5 Å². The Morgan fingerprint density at radius 2 is 2.18 bits per heavy atom. The van der Waals surface area contributed by atoms with E-state index in [9.17, 15) is 4.79 Å². The van der Waals surface area contributed by atoms with Gasteiger partial charge in [0.25, 0.3) is 5.91 Å². The number of nitrogens with zero attached hydrogens (tertiary/aromatic N) is 2. The van der Waals surface area contributed by atoms with E-state index in [0.717, 1.165) is 25.1 Å². The third-order valence-electron chi connectivity index (χ3n) is 2.58. The van der Waals surface area contributed by atoms with Gasteiger partial charge in [-0.3, -0.25) is 9.89 Å². The molecule has 1 heterocycles. The summed E-state index contributed by atoms with van der Waals surface area (Å²) in [5, 5.41) is 15.6. The fourth-order valence-electron chi connectivity index (χ4n) is 1.62. The Morgan fingerprint density at radius 1 is 1.47 bits per heavy atom. The first kappa shape index (κ1) is 13.7. The molecule has 1 aromatic heterocycles. The fourth-order valence-corrected chi connectivity index (χ4v) is 1.62. The molecule has 1 amide bonds. The van der Waals surface area contributed by atoms with Crippen LogP contribution in [0.25, 0.3) is 0 Å². The lowest BCUT2D eigenvalue weighted by atomic mass is 10.2. The Hall–Kier alpha value is -1.36. The standard InChI is InChI=1S/C12H21N3O2/c1-3-4-6-15(7-5-8-16)12(17)11-9-10(2)13-14-11/h9,16H,3-8H2,1-2H3,(H,13,14). The molecule has 0 aliphatic carbocycles. The van der Waals surface area contributed by atoms with Crippen molar-refractivity contribution in [3.8, 4) is 0 Å². The summed E-state index contributed by atoms with van der Waals surface area (Å²) in [4.78, 5) is 13.9. The predicted octanol–water partition coefficient (Wildman–Crippen LogP) is 1.34. The molecule has 0 aliphatic rings. The summed E-state index contributed by atoms with van der Waals surface area (Å²) < 4.78 is 0. The highest BCUT2D eigenvalue weighted by atomic mass is 16.3. The van der Waals surface area contributed by atoms with Crippen LogP contribution in [0.5, 0.6) is 0 Å². The zero-order valence-electron chi connectivity index (χ0n) is 10.6. The van der Waals surface area contributed by atoms with Crippen molar-refractivity contribution in [1.29, 1.82) is 0 Å². The number of amides is 1. The van der Waals surface area contributed by atoms with Gasteiger partial charge in [0.15, 0.2) is 0 Å². The van der Waals surface area contributed by atoms with Crippen molar-refractivity contribution in [3.05, 3.63) is 17.5 Å². The lowest BCUT2D eigenvalue weighted by Gasteiger charge is -2.21. The van der Waals surface area contributed by atoms with Crippen LogP contribution in [0.1, 0.15) is 42.4 Å². The molecule has 0 bridgehead atoms. The summed E-state index contributed by atoms with van der Waals surface area (Å²) in [6.45, 7) is 5.37. The Labute approximate surface area is 102 Å². The molecular formula is C12H21N3O2. The second-order valence-electron chi connectivity index (χ2n) is 4.16. The van der Waals surface area contributed by atoms with Crippen molar-refractivity contribution < 1.29 is 9.90 Å². The number of rotatable bonds is 7. The number of hydrogen-bond donors (Lipinski definition) is 2. The lowest BCUT2D eigenvalue weighted by Crippen LogP contribution is -2.33. The van der Waals surface area contributed by atoms with Gasteiger partial charge < -0.3 is 10.0 Å². The molecule has 1 aromatic rings. The van der Waals surface area contributed by atoms with Gasteiger partial charge in [-0.05, 0) is 25.8 Å². The average molecular weight is 239 g/mol. The van der Waals surface area contributed by atoms with Crippen molar-refractivity contribution in [2.24, 2.45) is 0 Å². The highest BCUT2D eigenvalue weighted by molar-refractivity contribution is 5.92. The second-order valence-corrected chi connectivity index (χ2v) is 4.16. The monoisotopic (exact) mass is 239 g/mol. The second kappa shape index (κ2) is 7.06. The van der Waals surface area contributed by atoms with E-state index < -0.39 is 0 Å². The number of aromatic amines is 1. The van der Waals surface area contributed by atoms with E-state index in [0.29, 0.717) is 18.7 Å². The summed E-state index contributed by atoms with van der Waals surface area (Å²) in [6, 6.07) is 1.75. The van der Waals surface area contributed by atoms with Gasteiger partial charge in [0.1, 0.15) is 5.69 Å². The van der Waals surface area contributed by atoms with Crippen LogP contribution in [-0.2, 0) is 0 Å². The molecule has 5 nitrogen and oxygen atoms in total. The Bertz CT molecular complexity index is 341. The zero-order valence-corrected chi connectivity index (χ0v) is 10.6. The molecule has 1 rings (SSSR count). The smallest absolute Gasteiger partial charge is 0.274 e. The van der Waals surface area contributed by atoms with E-state index in [1.54, 1.807) is 11.0 Å². The van der Waals surface area contributed by atoms with Gasteiger partial charge >= 0.3 is 0 Å². The number of hydrogen-bond acceptors (Lipinski definition) is 3. The molecule has 0 radical (unpaired) electrons. The summed E-state index contributed by atoms with van der Waals surface area (Å²) in [5.41, 5.74) is 1.34. The first-order valence-corrected chi connectivity index (χ1v) is 6.11. The topological polar surface area (TPSA) is 69.2 Å². The van der Waals surface area contributed by atoms with Crippen LogP contribution in [-0.4, -0.2) is 45.8 Å². The largest absolute Gasteiger partial charge is 0.396 e. The number of aliphatic hydroxyl groups is 1. The van der Waals surface area contributed by atoms with Crippen LogP contribution in [0, 0.1) is 6.92 Å². The van der Waals surface area contributed by atoms with Crippen LogP contribution < -0.4 is 0 Å². The fraction of sp³-hybridized carbons (Fsp3) is 0.667. The summed E-state index contributed by atoms with van der Waals surface area (Å²) >= 11 is 0. The molecule has 17 heavy (non-hydrogen) atoms. The first-order chi connectivity index (χ1) is 8.19. The number of carbonyl (C=O) groups excluding carboxylic acids is 1. The van der Waals surface area contributed by atoms with Crippen molar-refractivity contribution in [1.82, 2.24) is 15.1 Å². The Kier molecular flexibility index (Phi) is 5.69. The third-order valence-corrected chi connectivity index (χ3v) is 2.58. The first-order valence-electron chi connectivity index (χ1n) is 6.11. The highest BCUT2D eigenvalue weighted by Gasteiger charge is 2.17. The van der Waals surface area contributed by atoms with E-state index in [4.69, 9.17) is 5.11 Å². The molecule has 0 aliphatic heterocycles. The molecule has 0 atom stereocenters. The summed E-state index contributed by atoms with van der Waals surface area (Å²) in [6.07, 6.45) is 2.63. The van der Waals surface area contributed by atoms with Crippen molar-refractivity contribution in [2.45, 2.75) is 33.1 Å². The number of aliphatic hydroxyl groups excluding tert-OH is 1. The minimum Gasteiger partial charge on any atom is -0.396 e. The molecule has 96 valence electrons. The summed E-state index contributed by atoms with van der Waals surface area (Å²) in [7, 11) is 0. The number of unbranched alkanes of at least 4 members (excludes halogenated alkanes) is 1. The summed E-state index contributed by atoms with van der Waals surface area (Å²) in [5.74, 6) is -0.0590. The van der Waals surface area contributed by atoms with Gasteiger partial charge in [-0.25, -0.2) is 0 Å². The molecule has 5 heteroatoms. The van der Waals surface area contributed by atoms with Gasteiger partial charge in [-0.15, -0.1) is 0 Å². The van der Waals surface area contributed by atoms with Crippen molar-refractivity contribution >= 4 is 5.91 Å². The molecule has 0 fully saturated rings. The average Bonchev–Trinajstić information content (AvgIpc) is 2.75. The molecule has 0 unspecified atom stereocenters. The van der Waals surface area contributed by atoms with Gasteiger partial charge in [0, 0.05) is 25.4 Å². The number of nitrogens with one attached hydrogen (secondary N) is 1. The molecule has 0 spiro atoms. The SMILES string of the molecule is CCCCN(CCCO)C(=O)c1cc(C)[nH]n1. The molecular weight excluding hydrogens is 218 g/mol. The van der Waals surface area contributed by atoms with Gasteiger partial charge in [-0.2, -0.15) is 5.10 Å². The van der Waals surface area contributed by atoms with E-state index in [1.807, 2.05) is 6.92 Å². The van der Waals surface area contributed by atoms with E-state index in [1.165, 1.54) is 0 Å². The minimum atomic E-state index is -0.0590. The number of aromatic nitrogens is 2. The van der Waals surface area contributed by atoms with Crippen molar-refractivity contribution in [2.75, 3.05) is 19.7 Å². The Balaban J connectivity index is 2.64. The number of aryl methyl sites for hydroxylation is 1. The van der Waals surface area contributed by atoms with Crippen LogP contribution in [0.3, 0.4) is 0 Å². The quantitative estimate of drug-likeness (QED) is 0.754. The maximum absolute atomic E-state index is 12.1.